The topological polar surface area (TPSA) is 47.9 Å². The lowest BCUT2D eigenvalue weighted by Crippen LogP contribution is -2.45. The highest BCUT2D eigenvalue weighted by Gasteiger charge is 2.38. The van der Waals surface area contributed by atoms with E-state index in [2.05, 4.69) is 10.3 Å². The van der Waals surface area contributed by atoms with Gasteiger partial charge in [0.1, 0.15) is 5.82 Å². The van der Waals surface area contributed by atoms with E-state index in [0.717, 1.165) is 0 Å². The zero-order valence-electron chi connectivity index (χ0n) is 12.4. The molecule has 0 aromatic heterocycles. The van der Waals surface area contributed by atoms with E-state index in [0.29, 0.717) is 0 Å². The fourth-order valence-corrected chi connectivity index (χ4v) is 1.91. The maximum atomic E-state index is 13.7. The first-order chi connectivity index (χ1) is 10.2. The van der Waals surface area contributed by atoms with E-state index in [4.69, 9.17) is 16.7 Å². The molecule has 132 valence electrons. The number of halogens is 6. The highest BCUT2D eigenvalue weighted by molar-refractivity contribution is 14.0. The van der Waals surface area contributed by atoms with Gasteiger partial charge in [0.05, 0.1) is 6.54 Å². The summed E-state index contributed by atoms with van der Waals surface area (Å²) in [5.74, 6) is -0.451. The molecule has 23 heavy (non-hydrogen) atoms. The Labute approximate surface area is 153 Å². The third-order valence-electron chi connectivity index (χ3n) is 2.86. The summed E-state index contributed by atoms with van der Waals surface area (Å²) < 4.78 is 50.4. The average Bonchev–Trinajstić information content (AvgIpc) is 2.42. The van der Waals surface area contributed by atoms with E-state index in [9.17, 15) is 17.6 Å². The zero-order valence-corrected chi connectivity index (χ0v) is 15.4. The monoisotopic (exact) mass is 469 g/mol. The van der Waals surface area contributed by atoms with Gasteiger partial charge in [0.2, 0.25) is 0 Å². The Kier molecular flexibility index (Phi) is 9.14. The molecule has 0 amide bonds. The maximum absolute atomic E-state index is 13.7. The Balaban J connectivity index is 0.00000484. The molecule has 0 saturated carbocycles. The first kappa shape index (κ1) is 22.2. The molecule has 0 spiro atoms. The van der Waals surface area contributed by atoms with Crippen LogP contribution < -0.4 is 5.32 Å². The lowest BCUT2D eigenvalue weighted by atomic mass is 10.2. The number of nitrogens with zero attached hydrogens (tertiary/aromatic N) is 2. The summed E-state index contributed by atoms with van der Waals surface area (Å²) in [6.45, 7) is -0.751. The van der Waals surface area contributed by atoms with E-state index < -0.39 is 24.6 Å². The van der Waals surface area contributed by atoms with Crippen molar-refractivity contribution >= 4 is 41.5 Å². The fraction of sp³-hybridized carbons (Fsp3) is 0.462. The van der Waals surface area contributed by atoms with Crippen LogP contribution in [0.25, 0.3) is 0 Å². The number of aliphatic hydroxyl groups is 1. The highest BCUT2D eigenvalue weighted by atomic mass is 127. The van der Waals surface area contributed by atoms with Crippen molar-refractivity contribution in [3.05, 3.63) is 34.6 Å². The lowest BCUT2D eigenvalue weighted by molar-refractivity contribution is -0.201. The van der Waals surface area contributed by atoms with E-state index in [1.165, 1.54) is 37.2 Å². The Morgan fingerprint density at radius 3 is 2.52 bits per heavy atom. The molecule has 1 unspecified atom stereocenters. The average molecular weight is 470 g/mol. The summed E-state index contributed by atoms with van der Waals surface area (Å²) in [6, 6.07) is 4.20. The predicted octanol–water partition coefficient (Wildman–Crippen LogP) is 3.03. The standard InChI is InChI=1S/C13H16ClF4N3O.HI/c1-19-12(20-6-11(22)13(16,17)18)21(2)7-8-9(14)4-3-5-10(8)15;/h3-5,11,22H,6-7H2,1-2H3,(H,19,20);1H. The van der Waals surface area contributed by atoms with Gasteiger partial charge >= 0.3 is 6.18 Å². The molecule has 0 radical (unpaired) electrons. The molecule has 0 bridgehead atoms. The van der Waals surface area contributed by atoms with Gasteiger partial charge in [-0.25, -0.2) is 4.39 Å². The van der Waals surface area contributed by atoms with Crippen molar-refractivity contribution in [2.24, 2.45) is 4.99 Å². The third-order valence-corrected chi connectivity index (χ3v) is 3.22. The smallest absolute Gasteiger partial charge is 0.382 e. The molecule has 1 rings (SSSR count). The molecule has 1 aromatic carbocycles. The molecule has 1 aromatic rings. The van der Waals surface area contributed by atoms with Gasteiger partial charge in [-0.05, 0) is 12.1 Å². The number of benzene rings is 1. The fourth-order valence-electron chi connectivity index (χ4n) is 1.68. The Morgan fingerprint density at radius 1 is 1.43 bits per heavy atom. The third kappa shape index (κ3) is 6.68. The highest BCUT2D eigenvalue weighted by Crippen LogP contribution is 2.21. The number of alkyl halides is 3. The van der Waals surface area contributed by atoms with E-state index >= 15 is 0 Å². The number of hydrogen-bond acceptors (Lipinski definition) is 2. The lowest BCUT2D eigenvalue weighted by Gasteiger charge is -2.24. The van der Waals surface area contributed by atoms with Crippen molar-refractivity contribution in [1.82, 2.24) is 10.2 Å². The summed E-state index contributed by atoms with van der Waals surface area (Å²) in [4.78, 5) is 5.18. The molecular weight excluding hydrogens is 453 g/mol. The second kappa shape index (κ2) is 9.48. The number of nitrogens with one attached hydrogen (secondary N) is 1. The van der Waals surface area contributed by atoms with Crippen molar-refractivity contribution in [2.75, 3.05) is 20.6 Å². The zero-order chi connectivity index (χ0) is 16.9. The Hall–Kier alpha value is -0.810. The van der Waals surface area contributed by atoms with Crippen molar-refractivity contribution in [3.63, 3.8) is 0 Å². The summed E-state index contributed by atoms with van der Waals surface area (Å²) in [7, 11) is 2.87. The number of rotatable bonds is 4. The molecular formula is C13H17ClF4IN3O. The number of guanidine groups is 1. The number of aliphatic imine (C=N–C) groups is 1. The molecule has 1 atom stereocenters. The molecule has 0 aliphatic rings. The van der Waals surface area contributed by atoms with Gasteiger partial charge in [0.15, 0.2) is 12.1 Å². The molecule has 0 fully saturated rings. The van der Waals surface area contributed by atoms with Crippen LogP contribution in [-0.2, 0) is 6.54 Å². The van der Waals surface area contributed by atoms with E-state index in [-0.39, 0.29) is 47.1 Å². The van der Waals surface area contributed by atoms with E-state index in [1.54, 1.807) is 0 Å². The quantitative estimate of drug-likeness (QED) is 0.309. The van der Waals surface area contributed by atoms with Crippen LogP contribution in [0.5, 0.6) is 0 Å². The summed E-state index contributed by atoms with van der Waals surface area (Å²) >= 11 is 5.89. The minimum Gasteiger partial charge on any atom is -0.382 e. The second-order valence-corrected chi connectivity index (χ2v) is 4.95. The van der Waals surface area contributed by atoms with Gasteiger partial charge in [0.25, 0.3) is 0 Å². The van der Waals surface area contributed by atoms with Gasteiger partial charge in [-0.3, -0.25) is 4.99 Å². The summed E-state index contributed by atoms with van der Waals surface area (Å²) in [6.07, 6.45) is -7.24. The van der Waals surface area contributed by atoms with Crippen LogP contribution in [0, 0.1) is 5.82 Å². The van der Waals surface area contributed by atoms with Gasteiger partial charge in [0, 0.05) is 31.2 Å². The van der Waals surface area contributed by atoms with Crippen molar-refractivity contribution in [3.8, 4) is 0 Å². The van der Waals surface area contributed by atoms with Crippen LogP contribution in [0.1, 0.15) is 5.56 Å². The molecule has 4 nitrogen and oxygen atoms in total. The maximum Gasteiger partial charge on any atom is 0.416 e. The van der Waals surface area contributed by atoms with E-state index in [1.807, 2.05) is 0 Å². The van der Waals surface area contributed by atoms with Crippen molar-refractivity contribution in [1.29, 1.82) is 0 Å². The minimum absolute atomic E-state index is 0. The molecule has 0 saturated heterocycles. The van der Waals surface area contributed by atoms with Crippen LogP contribution in [0.3, 0.4) is 0 Å². The van der Waals surface area contributed by atoms with Gasteiger partial charge < -0.3 is 15.3 Å². The summed E-state index contributed by atoms with van der Waals surface area (Å²) in [5.41, 5.74) is 0.200. The number of aliphatic hydroxyl groups excluding tert-OH is 1. The molecule has 0 aliphatic heterocycles. The number of hydrogen-bond donors (Lipinski definition) is 2. The van der Waals surface area contributed by atoms with Crippen LogP contribution >= 0.6 is 35.6 Å². The predicted molar refractivity (Wildman–Crippen MR) is 91.7 cm³/mol. The van der Waals surface area contributed by atoms with Gasteiger partial charge in [-0.1, -0.05) is 17.7 Å². The van der Waals surface area contributed by atoms with Crippen molar-refractivity contribution in [2.45, 2.75) is 18.8 Å². The normalized spacial score (nSPS) is 13.3. The van der Waals surface area contributed by atoms with Crippen LogP contribution in [-0.4, -0.2) is 48.9 Å². The molecule has 0 heterocycles. The van der Waals surface area contributed by atoms with Crippen LogP contribution in [0.15, 0.2) is 23.2 Å². The minimum atomic E-state index is -4.72. The molecule has 2 N–H and O–H groups in total. The van der Waals surface area contributed by atoms with Gasteiger partial charge in [-0.15, -0.1) is 24.0 Å². The Bertz CT molecular complexity index is 522. The largest absolute Gasteiger partial charge is 0.416 e. The van der Waals surface area contributed by atoms with Crippen molar-refractivity contribution < 1.29 is 22.7 Å². The first-order valence-electron chi connectivity index (χ1n) is 6.26. The Morgan fingerprint density at radius 2 is 2.04 bits per heavy atom. The van der Waals surface area contributed by atoms with Crippen LogP contribution in [0.2, 0.25) is 5.02 Å². The van der Waals surface area contributed by atoms with Gasteiger partial charge in [-0.2, -0.15) is 13.2 Å². The second-order valence-electron chi connectivity index (χ2n) is 4.54. The summed E-state index contributed by atoms with van der Waals surface area (Å²) in [5, 5.41) is 11.5. The first-order valence-corrected chi connectivity index (χ1v) is 6.64. The molecule has 10 heteroatoms. The molecule has 0 aliphatic carbocycles. The SMILES string of the molecule is CN=C(NCC(O)C(F)(F)F)N(C)Cc1c(F)cccc1Cl.I. The van der Waals surface area contributed by atoms with Crippen LogP contribution in [0.4, 0.5) is 17.6 Å².